The number of rotatable bonds is 6. The average molecular weight is 441 g/mol. The van der Waals surface area contributed by atoms with Crippen molar-refractivity contribution < 1.29 is 9.21 Å². The lowest BCUT2D eigenvalue weighted by atomic mass is 9.91. The Balaban J connectivity index is 1.79. The van der Waals surface area contributed by atoms with Crippen molar-refractivity contribution in [2.45, 2.75) is 6.92 Å². The van der Waals surface area contributed by atoms with Gasteiger partial charge in [0.05, 0.1) is 5.56 Å². The lowest BCUT2D eigenvalue weighted by molar-refractivity contribution is 0.103. The molecule has 0 aliphatic carbocycles. The Morgan fingerprint density at radius 1 is 0.618 bits per heavy atom. The van der Waals surface area contributed by atoms with E-state index in [4.69, 9.17) is 4.42 Å². The van der Waals surface area contributed by atoms with Crippen molar-refractivity contribution in [3.8, 4) is 11.3 Å². The highest BCUT2D eigenvalue weighted by Crippen LogP contribution is 2.37. The molecule has 0 aliphatic rings. The van der Waals surface area contributed by atoms with Gasteiger partial charge in [-0.15, -0.1) is 0 Å². The molecule has 5 aromatic rings. The molecule has 164 valence electrons. The number of aryl methyl sites for hydroxylation is 1. The van der Waals surface area contributed by atoms with Crippen LogP contribution in [0.5, 0.6) is 0 Å². The number of carbonyl (C=O) groups excluding carboxylic acids is 1. The molecule has 0 unspecified atom stereocenters. The summed E-state index contributed by atoms with van der Waals surface area (Å²) in [5, 5.41) is 0. The molecule has 0 atom stereocenters. The maximum absolute atomic E-state index is 13.7. The van der Waals surface area contributed by atoms with Crippen molar-refractivity contribution in [2.24, 2.45) is 0 Å². The smallest absolute Gasteiger partial charge is 0.197 e. The second-order valence-corrected chi connectivity index (χ2v) is 8.13. The molecular formula is C32H24O2. The third kappa shape index (κ3) is 4.26. The van der Waals surface area contributed by atoms with Crippen LogP contribution in [-0.2, 0) is 0 Å². The first-order valence-electron chi connectivity index (χ1n) is 11.3. The Labute approximate surface area is 199 Å². The van der Waals surface area contributed by atoms with Gasteiger partial charge in [0.2, 0.25) is 0 Å². The maximum atomic E-state index is 13.7. The number of carbonyl (C=O) groups is 1. The Morgan fingerprint density at radius 3 is 1.56 bits per heavy atom. The summed E-state index contributed by atoms with van der Waals surface area (Å²) >= 11 is 0. The molecule has 0 bridgehead atoms. The first-order chi connectivity index (χ1) is 16.7. The van der Waals surface area contributed by atoms with Crippen LogP contribution in [0.4, 0.5) is 0 Å². The fourth-order valence-corrected chi connectivity index (χ4v) is 4.23. The van der Waals surface area contributed by atoms with Crippen LogP contribution in [0, 0.1) is 6.92 Å². The lowest BCUT2D eigenvalue weighted by Crippen LogP contribution is -2.04. The summed E-state index contributed by atoms with van der Waals surface area (Å²) in [6.07, 6.45) is 2.10. The van der Waals surface area contributed by atoms with Crippen LogP contribution in [0.1, 0.15) is 38.4 Å². The largest absolute Gasteiger partial charge is 0.460 e. The number of benzene rings is 4. The molecule has 0 aliphatic heterocycles. The predicted molar refractivity (Wildman–Crippen MR) is 139 cm³/mol. The van der Waals surface area contributed by atoms with Crippen LogP contribution in [-0.4, -0.2) is 5.78 Å². The van der Waals surface area contributed by atoms with Crippen LogP contribution in [0.15, 0.2) is 126 Å². The lowest BCUT2D eigenvalue weighted by Gasteiger charge is -2.10. The summed E-state index contributed by atoms with van der Waals surface area (Å²) in [4.78, 5) is 13.7. The fourth-order valence-electron chi connectivity index (χ4n) is 4.23. The normalized spacial score (nSPS) is 10.6. The Morgan fingerprint density at radius 2 is 1.06 bits per heavy atom. The fraction of sp³-hybridized carbons (Fsp3) is 0.0312. The van der Waals surface area contributed by atoms with E-state index in [2.05, 4.69) is 30.3 Å². The Bertz CT molecular complexity index is 1390. The summed E-state index contributed by atoms with van der Waals surface area (Å²) in [5.41, 5.74) is 6.14. The molecule has 0 amide bonds. The zero-order chi connectivity index (χ0) is 23.3. The Hall–Kier alpha value is -4.43. The van der Waals surface area contributed by atoms with E-state index in [1.165, 1.54) is 0 Å². The zero-order valence-electron chi connectivity index (χ0n) is 18.9. The molecular weight excluding hydrogens is 416 g/mol. The van der Waals surface area contributed by atoms with Gasteiger partial charge in [-0.1, -0.05) is 121 Å². The molecule has 0 radical (unpaired) electrons. The highest BCUT2D eigenvalue weighted by atomic mass is 16.3. The van der Waals surface area contributed by atoms with Crippen molar-refractivity contribution in [3.05, 3.63) is 155 Å². The van der Waals surface area contributed by atoms with E-state index in [0.29, 0.717) is 22.6 Å². The van der Waals surface area contributed by atoms with Gasteiger partial charge < -0.3 is 4.42 Å². The van der Waals surface area contributed by atoms with Gasteiger partial charge in [-0.05, 0) is 29.7 Å². The van der Waals surface area contributed by atoms with Gasteiger partial charge in [0.15, 0.2) is 5.78 Å². The van der Waals surface area contributed by atoms with E-state index in [1.807, 2.05) is 104 Å². The second kappa shape index (κ2) is 9.60. The molecule has 0 saturated heterocycles. The molecule has 4 aromatic carbocycles. The number of hydrogen-bond donors (Lipinski definition) is 0. The molecule has 2 nitrogen and oxygen atoms in total. The monoisotopic (exact) mass is 440 g/mol. The summed E-state index contributed by atoms with van der Waals surface area (Å²) in [6.45, 7) is 1.87. The van der Waals surface area contributed by atoms with Crippen LogP contribution in [0.25, 0.3) is 23.0 Å². The van der Waals surface area contributed by atoms with E-state index in [-0.39, 0.29) is 5.78 Å². The molecule has 1 aromatic heterocycles. The summed E-state index contributed by atoms with van der Waals surface area (Å²) in [6, 6.07) is 39.8. The van der Waals surface area contributed by atoms with Gasteiger partial charge in [0, 0.05) is 16.7 Å². The SMILES string of the molecule is Cc1oc(-c2ccccc2)c(C=C(c2ccccc2)c2ccccc2)c1C(=O)c1ccccc1. The van der Waals surface area contributed by atoms with Crippen LogP contribution in [0.2, 0.25) is 0 Å². The first-order valence-corrected chi connectivity index (χ1v) is 11.3. The van der Waals surface area contributed by atoms with Gasteiger partial charge >= 0.3 is 0 Å². The minimum atomic E-state index is -0.0456. The summed E-state index contributed by atoms with van der Waals surface area (Å²) in [5.74, 6) is 1.26. The van der Waals surface area contributed by atoms with Gasteiger partial charge in [0.1, 0.15) is 11.5 Å². The van der Waals surface area contributed by atoms with Crippen LogP contribution < -0.4 is 0 Å². The Kier molecular flexibility index (Phi) is 6.05. The summed E-state index contributed by atoms with van der Waals surface area (Å²) in [7, 11) is 0. The highest BCUT2D eigenvalue weighted by Gasteiger charge is 2.25. The van der Waals surface area contributed by atoms with Crippen molar-refractivity contribution in [1.82, 2.24) is 0 Å². The average Bonchev–Trinajstić information content (AvgIpc) is 3.24. The molecule has 5 rings (SSSR count). The minimum absolute atomic E-state index is 0.0456. The standard InChI is InChI=1S/C32H24O2/c1-23-30(31(33)26-18-10-4-11-19-26)29(32(34-23)27-20-12-5-13-21-27)22-28(24-14-6-2-7-15-24)25-16-8-3-9-17-25/h2-22H,1H3. The number of ketones is 1. The van der Waals surface area contributed by atoms with Gasteiger partial charge in [-0.25, -0.2) is 0 Å². The summed E-state index contributed by atoms with van der Waals surface area (Å²) < 4.78 is 6.28. The van der Waals surface area contributed by atoms with E-state index >= 15 is 0 Å². The minimum Gasteiger partial charge on any atom is -0.460 e. The van der Waals surface area contributed by atoms with E-state index in [9.17, 15) is 4.79 Å². The van der Waals surface area contributed by atoms with Gasteiger partial charge in [0.25, 0.3) is 0 Å². The number of hydrogen-bond acceptors (Lipinski definition) is 2. The highest BCUT2D eigenvalue weighted by molar-refractivity contribution is 6.14. The second-order valence-electron chi connectivity index (χ2n) is 8.13. The third-order valence-corrected chi connectivity index (χ3v) is 5.88. The van der Waals surface area contributed by atoms with Crippen molar-refractivity contribution in [3.63, 3.8) is 0 Å². The van der Waals surface area contributed by atoms with Crippen molar-refractivity contribution in [2.75, 3.05) is 0 Å². The van der Waals surface area contributed by atoms with Gasteiger partial charge in [-0.3, -0.25) is 4.79 Å². The van der Waals surface area contributed by atoms with Gasteiger partial charge in [-0.2, -0.15) is 0 Å². The van der Waals surface area contributed by atoms with E-state index < -0.39 is 0 Å². The molecule has 2 heteroatoms. The molecule has 34 heavy (non-hydrogen) atoms. The molecule has 0 N–H and O–H groups in total. The predicted octanol–water partition coefficient (Wildman–Crippen LogP) is 8.07. The maximum Gasteiger partial charge on any atom is 0.197 e. The molecule has 0 saturated carbocycles. The van der Waals surface area contributed by atoms with Crippen molar-refractivity contribution in [1.29, 1.82) is 0 Å². The topological polar surface area (TPSA) is 30.2 Å². The first kappa shape index (κ1) is 21.4. The molecule has 1 heterocycles. The third-order valence-electron chi connectivity index (χ3n) is 5.88. The molecule has 0 spiro atoms. The van der Waals surface area contributed by atoms with Crippen molar-refractivity contribution >= 4 is 17.4 Å². The quantitative estimate of drug-likeness (QED) is 0.250. The number of furan rings is 1. The van der Waals surface area contributed by atoms with Crippen LogP contribution in [0.3, 0.4) is 0 Å². The van der Waals surface area contributed by atoms with E-state index in [0.717, 1.165) is 27.8 Å². The van der Waals surface area contributed by atoms with Crippen LogP contribution >= 0.6 is 0 Å². The van der Waals surface area contributed by atoms with E-state index in [1.54, 1.807) is 0 Å². The zero-order valence-corrected chi connectivity index (χ0v) is 18.9. The molecule has 0 fully saturated rings.